The average molecular weight is 340 g/mol. The summed E-state index contributed by atoms with van der Waals surface area (Å²) in [6.45, 7) is 6.94. The van der Waals surface area contributed by atoms with Crippen LogP contribution in [-0.4, -0.2) is 21.2 Å². The maximum atomic E-state index is 12.4. The highest BCUT2D eigenvalue weighted by Crippen LogP contribution is 2.18. The summed E-state index contributed by atoms with van der Waals surface area (Å²) in [6.07, 6.45) is 0.764. The summed E-state index contributed by atoms with van der Waals surface area (Å²) in [5.74, 6) is 0.733. The molecule has 124 valence electrons. The molecule has 0 radical (unpaired) electrons. The van der Waals surface area contributed by atoms with Crippen LogP contribution in [0.1, 0.15) is 41.3 Å². The molecule has 0 aliphatic carbocycles. The summed E-state index contributed by atoms with van der Waals surface area (Å²) < 4.78 is 2.13. The van der Waals surface area contributed by atoms with Gasteiger partial charge in [-0.1, -0.05) is 13.0 Å². The Kier molecular flexibility index (Phi) is 4.76. The van der Waals surface area contributed by atoms with E-state index in [2.05, 4.69) is 27.0 Å². The third kappa shape index (κ3) is 3.10. The average Bonchev–Trinajstić information content (AvgIpc) is 3.21. The highest BCUT2D eigenvalue weighted by Gasteiger charge is 2.11. The maximum Gasteiger partial charge on any atom is 0.271 e. The van der Waals surface area contributed by atoms with E-state index in [0.717, 1.165) is 40.4 Å². The largest absolute Gasteiger partial charge is 0.329 e. The molecule has 0 saturated carbocycles. The summed E-state index contributed by atoms with van der Waals surface area (Å²) in [5, 5.41) is 6.28. The zero-order valence-electron chi connectivity index (χ0n) is 14.0. The topological polar surface area (TPSA) is 59.3 Å². The van der Waals surface area contributed by atoms with Crippen LogP contribution in [0.15, 0.2) is 40.8 Å². The van der Waals surface area contributed by atoms with Gasteiger partial charge in [0.1, 0.15) is 5.82 Å². The summed E-state index contributed by atoms with van der Waals surface area (Å²) in [5.41, 5.74) is 5.98. The number of imidazole rings is 1. The first-order valence-electron chi connectivity index (χ1n) is 8.01. The van der Waals surface area contributed by atoms with Crippen molar-refractivity contribution in [3.8, 4) is 0 Å². The highest BCUT2D eigenvalue weighted by atomic mass is 32.1. The van der Waals surface area contributed by atoms with E-state index in [0.29, 0.717) is 5.56 Å². The Balaban J connectivity index is 1.83. The molecular formula is C18H20N4OS. The molecule has 0 aliphatic heterocycles. The number of fused-ring (bicyclic) bond motifs is 1. The predicted octanol–water partition coefficient (Wildman–Crippen LogP) is 3.97. The number of rotatable bonds is 5. The molecule has 0 fully saturated rings. The van der Waals surface area contributed by atoms with E-state index in [1.165, 1.54) is 0 Å². The first-order valence-corrected chi connectivity index (χ1v) is 8.89. The third-order valence-electron chi connectivity index (χ3n) is 3.95. The number of carbonyl (C=O) groups is 1. The fourth-order valence-electron chi connectivity index (χ4n) is 2.72. The lowest BCUT2D eigenvalue weighted by atomic mass is 10.2. The molecule has 0 aliphatic rings. The zero-order valence-corrected chi connectivity index (χ0v) is 14.9. The van der Waals surface area contributed by atoms with Gasteiger partial charge in [-0.2, -0.15) is 5.10 Å². The number of hydrogen-bond acceptors (Lipinski definition) is 4. The van der Waals surface area contributed by atoms with Crippen LogP contribution in [0.2, 0.25) is 0 Å². The molecule has 2 aromatic heterocycles. The minimum atomic E-state index is -0.219. The van der Waals surface area contributed by atoms with Crippen LogP contribution in [0.3, 0.4) is 0 Å². The van der Waals surface area contributed by atoms with E-state index >= 15 is 0 Å². The Labute approximate surface area is 145 Å². The Morgan fingerprint density at radius 1 is 1.33 bits per heavy atom. The predicted molar refractivity (Wildman–Crippen MR) is 98.8 cm³/mol. The monoisotopic (exact) mass is 340 g/mol. The molecule has 0 unspecified atom stereocenters. The second-order valence-electron chi connectivity index (χ2n) is 5.44. The number of thiophene rings is 1. The zero-order chi connectivity index (χ0) is 17.1. The van der Waals surface area contributed by atoms with Crippen molar-refractivity contribution in [2.75, 3.05) is 0 Å². The molecule has 0 saturated heterocycles. The molecular weight excluding hydrogens is 320 g/mol. The van der Waals surface area contributed by atoms with E-state index < -0.39 is 0 Å². The van der Waals surface area contributed by atoms with Gasteiger partial charge >= 0.3 is 0 Å². The Morgan fingerprint density at radius 3 is 2.83 bits per heavy atom. The van der Waals surface area contributed by atoms with Gasteiger partial charge in [0.2, 0.25) is 0 Å². The van der Waals surface area contributed by atoms with Gasteiger partial charge in [-0.15, -0.1) is 11.3 Å². The number of amides is 1. The summed E-state index contributed by atoms with van der Waals surface area (Å²) in [7, 11) is 0. The smallest absolute Gasteiger partial charge is 0.271 e. The molecule has 3 rings (SSSR count). The number of hydrazone groups is 1. The molecule has 6 heteroatoms. The molecule has 1 N–H and O–H groups in total. The number of benzene rings is 1. The van der Waals surface area contributed by atoms with Crippen molar-refractivity contribution < 1.29 is 4.79 Å². The summed E-state index contributed by atoms with van der Waals surface area (Å²) in [6, 6.07) is 9.56. The molecule has 0 spiro atoms. The minimum Gasteiger partial charge on any atom is -0.329 e. The van der Waals surface area contributed by atoms with Gasteiger partial charge < -0.3 is 4.57 Å². The van der Waals surface area contributed by atoms with Gasteiger partial charge in [-0.05, 0) is 49.9 Å². The molecule has 0 atom stereocenters. The number of hydrogen-bond donors (Lipinski definition) is 1. The number of carbonyl (C=O) groups excluding carboxylic acids is 1. The van der Waals surface area contributed by atoms with E-state index in [-0.39, 0.29) is 5.91 Å². The molecule has 3 aromatic rings. The Morgan fingerprint density at radius 2 is 2.17 bits per heavy atom. The number of nitrogens with zero attached hydrogens (tertiary/aromatic N) is 3. The first kappa shape index (κ1) is 16.4. The van der Waals surface area contributed by atoms with Crippen LogP contribution in [0, 0.1) is 6.92 Å². The molecule has 2 heterocycles. The first-order chi connectivity index (χ1) is 11.6. The van der Waals surface area contributed by atoms with Crippen molar-refractivity contribution >= 4 is 34.0 Å². The van der Waals surface area contributed by atoms with Crippen molar-refractivity contribution in [2.24, 2.45) is 5.10 Å². The lowest BCUT2D eigenvalue weighted by molar-refractivity contribution is 0.0955. The van der Waals surface area contributed by atoms with Crippen molar-refractivity contribution in [3.63, 3.8) is 0 Å². The van der Waals surface area contributed by atoms with Crippen LogP contribution in [-0.2, 0) is 6.54 Å². The van der Waals surface area contributed by atoms with Crippen LogP contribution in [0.25, 0.3) is 11.0 Å². The highest BCUT2D eigenvalue weighted by molar-refractivity contribution is 7.12. The standard InChI is InChI=1S/C18H20N4OS/c1-4-14(17-7-6-10-24-17)20-21-18(23)13-8-9-16-15(11-13)19-12(3)22(16)5-2/h6-11H,4-5H2,1-3H3,(H,21,23)/b20-14-. The van der Waals surface area contributed by atoms with Gasteiger partial charge in [-0.25, -0.2) is 10.4 Å². The number of nitrogens with one attached hydrogen (secondary N) is 1. The summed E-state index contributed by atoms with van der Waals surface area (Å²) in [4.78, 5) is 18.0. The van der Waals surface area contributed by atoms with Crippen molar-refractivity contribution in [1.82, 2.24) is 15.0 Å². The summed E-state index contributed by atoms with van der Waals surface area (Å²) >= 11 is 1.62. The third-order valence-corrected chi connectivity index (χ3v) is 4.87. The molecule has 0 bridgehead atoms. The van der Waals surface area contributed by atoms with E-state index in [1.807, 2.05) is 49.6 Å². The lowest BCUT2D eigenvalue weighted by Gasteiger charge is -2.04. The molecule has 1 aromatic carbocycles. The fourth-order valence-corrected chi connectivity index (χ4v) is 3.51. The second kappa shape index (κ2) is 6.97. The van der Waals surface area contributed by atoms with Crippen molar-refractivity contribution in [1.29, 1.82) is 0 Å². The van der Waals surface area contributed by atoms with E-state index in [1.54, 1.807) is 11.3 Å². The normalized spacial score (nSPS) is 11.9. The SMILES string of the molecule is CC/C(=N/NC(=O)c1ccc2c(c1)nc(C)n2CC)c1cccs1. The molecule has 1 amide bonds. The minimum absolute atomic E-state index is 0.219. The lowest BCUT2D eigenvalue weighted by Crippen LogP contribution is -2.19. The van der Waals surface area contributed by atoms with E-state index in [4.69, 9.17) is 0 Å². The Hall–Kier alpha value is -2.47. The Bertz CT molecular complexity index is 893. The van der Waals surface area contributed by atoms with Crippen LogP contribution in [0.4, 0.5) is 0 Å². The second-order valence-corrected chi connectivity index (χ2v) is 6.38. The maximum absolute atomic E-state index is 12.4. The van der Waals surface area contributed by atoms with Crippen molar-refractivity contribution in [3.05, 3.63) is 52.0 Å². The number of aryl methyl sites for hydroxylation is 2. The van der Waals surface area contributed by atoms with Crippen LogP contribution < -0.4 is 5.43 Å². The quantitative estimate of drug-likeness (QED) is 0.564. The molecule has 24 heavy (non-hydrogen) atoms. The van der Waals surface area contributed by atoms with Crippen molar-refractivity contribution in [2.45, 2.75) is 33.7 Å². The van der Waals surface area contributed by atoms with Gasteiger partial charge in [0.15, 0.2) is 0 Å². The van der Waals surface area contributed by atoms with Crippen LogP contribution in [0.5, 0.6) is 0 Å². The fraction of sp³-hybridized carbons (Fsp3) is 0.278. The van der Waals surface area contributed by atoms with Gasteiger partial charge in [0.05, 0.1) is 21.6 Å². The van der Waals surface area contributed by atoms with Gasteiger partial charge in [-0.3, -0.25) is 4.79 Å². The van der Waals surface area contributed by atoms with Gasteiger partial charge in [0, 0.05) is 12.1 Å². The molecule has 5 nitrogen and oxygen atoms in total. The number of aromatic nitrogens is 2. The van der Waals surface area contributed by atoms with Crippen LogP contribution >= 0.6 is 11.3 Å². The van der Waals surface area contributed by atoms with E-state index in [9.17, 15) is 4.79 Å². The van der Waals surface area contributed by atoms with Gasteiger partial charge in [0.25, 0.3) is 5.91 Å².